The van der Waals surface area contributed by atoms with Crippen molar-refractivity contribution in [3.63, 3.8) is 0 Å². The fourth-order valence-electron chi connectivity index (χ4n) is 0.974. The Bertz CT molecular complexity index is 396. The maximum absolute atomic E-state index is 5.73. The van der Waals surface area contributed by atoms with Gasteiger partial charge in [-0.3, -0.25) is 0 Å². The molecule has 0 aliphatic heterocycles. The summed E-state index contributed by atoms with van der Waals surface area (Å²) in [6.07, 6.45) is 1.58. The van der Waals surface area contributed by atoms with E-state index in [4.69, 9.17) is 21.9 Å². The van der Waals surface area contributed by atoms with E-state index >= 15 is 0 Å². The van der Waals surface area contributed by atoms with Gasteiger partial charge in [0, 0.05) is 10.4 Å². The molecule has 0 fully saturated rings. The third-order valence-corrected chi connectivity index (χ3v) is 1.67. The molecule has 2 rings (SSSR count). The van der Waals surface area contributed by atoms with Crippen LogP contribution in [0.5, 0.6) is 0 Å². The molecule has 1 aromatic carbocycles. The number of rotatable bonds is 0. The van der Waals surface area contributed by atoms with Gasteiger partial charge in [0.25, 0.3) is 0 Å². The van der Waals surface area contributed by atoms with Gasteiger partial charge < -0.3 is 10.3 Å². The first-order chi connectivity index (χ1) is 5.27. The topological polar surface area (TPSA) is 52.0 Å². The molecule has 0 radical (unpaired) electrons. The number of fused-ring (bicyclic) bond motifs is 1. The van der Waals surface area contributed by atoms with Gasteiger partial charge in [-0.25, -0.2) is 0 Å². The molecule has 0 saturated heterocycles. The number of anilines is 1. The van der Waals surface area contributed by atoms with Crippen molar-refractivity contribution >= 4 is 28.3 Å². The van der Waals surface area contributed by atoms with Gasteiger partial charge >= 0.3 is 0 Å². The summed E-state index contributed by atoms with van der Waals surface area (Å²) in [6.45, 7) is 0. The predicted octanol–water partition coefficient (Wildman–Crippen LogP) is 2.06. The minimum Gasteiger partial charge on any atom is -0.396 e. The number of nitrogen functional groups attached to an aromatic ring is 1. The highest BCUT2D eigenvalue weighted by molar-refractivity contribution is 6.31. The molecule has 0 atom stereocenters. The lowest BCUT2D eigenvalue weighted by Gasteiger charge is -1.93. The van der Waals surface area contributed by atoms with Crippen LogP contribution in [0.15, 0.2) is 22.9 Å². The molecule has 0 aliphatic carbocycles. The van der Waals surface area contributed by atoms with Crippen LogP contribution < -0.4 is 5.73 Å². The minimum atomic E-state index is 0.519. The number of halogens is 1. The second-order valence-electron chi connectivity index (χ2n) is 2.24. The summed E-state index contributed by atoms with van der Waals surface area (Å²) < 4.78 is 4.87. The van der Waals surface area contributed by atoms with Gasteiger partial charge in [-0.05, 0) is 12.1 Å². The first-order valence-electron chi connectivity index (χ1n) is 3.07. The highest BCUT2D eigenvalue weighted by Crippen LogP contribution is 2.24. The second-order valence-corrected chi connectivity index (χ2v) is 2.68. The summed E-state index contributed by atoms with van der Waals surface area (Å²) in [5, 5.41) is 5.01. The summed E-state index contributed by atoms with van der Waals surface area (Å²) in [5.74, 6) is 0. The lowest BCUT2D eigenvalue weighted by Crippen LogP contribution is -1.83. The molecule has 56 valence electrons. The fourth-order valence-corrected chi connectivity index (χ4v) is 1.21. The van der Waals surface area contributed by atoms with E-state index in [0.717, 1.165) is 5.39 Å². The number of nitrogens with zero attached hydrogens (tertiary/aromatic N) is 1. The SMILES string of the molecule is Nc1cc(Cl)cc2cnoc12. The van der Waals surface area contributed by atoms with Crippen LogP contribution in [-0.4, -0.2) is 5.16 Å². The van der Waals surface area contributed by atoms with Crippen LogP contribution in [0.3, 0.4) is 0 Å². The Kier molecular flexibility index (Phi) is 1.26. The van der Waals surface area contributed by atoms with Gasteiger partial charge in [0.1, 0.15) is 0 Å². The Balaban J connectivity index is 2.91. The van der Waals surface area contributed by atoms with E-state index in [1.165, 1.54) is 0 Å². The molecule has 2 aromatic rings. The van der Waals surface area contributed by atoms with Gasteiger partial charge in [-0.2, -0.15) is 0 Å². The van der Waals surface area contributed by atoms with Gasteiger partial charge in [-0.1, -0.05) is 16.8 Å². The molecule has 11 heavy (non-hydrogen) atoms. The van der Waals surface area contributed by atoms with Crippen LogP contribution in [0.1, 0.15) is 0 Å². The molecule has 0 aliphatic rings. The number of hydrogen-bond acceptors (Lipinski definition) is 3. The lowest BCUT2D eigenvalue weighted by atomic mass is 10.2. The van der Waals surface area contributed by atoms with E-state index in [9.17, 15) is 0 Å². The van der Waals surface area contributed by atoms with Crippen molar-refractivity contribution in [3.05, 3.63) is 23.4 Å². The second kappa shape index (κ2) is 2.13. The molecule has 1 heterocycles. The van der Waals surface area contributed by atoms with Crippen LogP contribution in [0.25, 0.3) is 11.0 Å². The zero-order valence-electron chi connectivity index (χ0n) is 5.54. The Labute approximate surface area is 67.7 Å². The van der Waals surface area contributed by atoms with Crippen LogP contribution >= 0.6 is 11.6 Å². The van der Waals surface area contributed by atoms with Crippen LogP contribution in [0.2, 0.25) is 5.02 Å². The van der Waals surface area contributed by atoms with Crippen molar-refractivity contribution in [2.24, 2.45) is 0 Å². The molecule has 0 unspecified atom stereocenters. The zero-order valence-corrected chi connectivity index (χ0v) is 6.30. The molecule has 2 N–H and O–H groups in total. The quantitative estimate of drug-likeness (QED) is 0.613. The van der Waals surface area contributed by atoms with Crippen LogP contribution in [-0.2, 0) is 0 Å². The maximum atomic E-state index is 5.73. The van der Waals surface area contributed by atoms with E-state index in [0.29, 0.717) is 16.3 Å². The summed E-state index contributed by atoms with van der Waals surface area (Å²) in [4.78, 5) is 0. The lowest BCUT2D eigenvalue weighted by molar-refractivity contribution is 0.457. The van der Waals surface area contributed by atoms with E-state index in [1.54, 1.807) is 18.3 Å². The first-order valence-corrected chi connectivity index (χ1v) is 3.44. The minimum absolute atomic E-state index is 0.519. The fraction of sp³-hybridized carbons (Fsp3) is 0. The first kappa shape index (κ1) is 6.49. The van der Waals surface area contributed by atoms with E-state index in [1.807, 2.05) is 0 Å². The predicted molar refractivity (Wildman–Crippen MR) is 43.4 cm³/mol. The zero-order chi connectivity index (χ0) is 7.84. The Hall–Kier alpha value is -1.22. The average Bonchev–Trinajstić information content (AvgIpc) is 2.34. The van der Waals surface area contributed by atoms with E-state index in [-0.39, 0.29) is 0 Å². The number of aromatic nitrogens is 1. The largest absolute Gasteiger partial charge is 0.396 e. The van der Waals surface area contributed by atoms with Crippen molar-refractivity contribution in [1.29, 1.82) is 0 Å². The smallest absolute Gasteiger partial charge is 0.189 e. The molecular weight excluding hydrogens is 164 g/mol. The summed E-state index contributed by atoms with van der Waals surface area (Å²) in [5.41, 5.74) is 6.69. The summed E-state index contributed by atoms with van der Waals surface area (Å²) >= 11 is 5.73. The van der Waals surface area contributed by atoms with Gasteiger partial charge in [0.15, 0.2) is 5.58 Å². The summed E-state index contributed by atoms with van der Waals surface area (Å²) in [6, 6.07) is 3.39. The van der Waals surface area contributed by atoms with Crippen LogP contribution in [0, 0.1) is 0 Å². The normalized spacial score (nSPS) is 10.6. The number of benzene rings is 1. The molecule has 4 heteroatoms. The maximum Gasteiger partial charge on any atom is 0.189 e. The monoisotopic (exact) mass is 168 g/mol. The molecular formula is C7H5ClN2O. The molecule has 0 amide bonds. The third kappa shape index (κ3) is 0.935. The van der Waals surface area contributed by atoms with Crippen molar-refractivity contribution < 1.29 is 4.52 Å². The molecule has 0 bridgehead atoms. The van der Waals surface area contributed by atoms with Crippen molar-refractivity contribution in [2.75, 3.05) is 5.73 Å². The van der Waals surface area contributed by atoms with Crippen molar-refractivity contribution in [2.45, 2.75) is 0 Å². The van der Waals surface area contributed by atoms with Gasteiger partial charge in [-0.15, -0.1) is 0 Å². The number of hydrogen-bond donors (Lipinski definition) is 1. The van der Waals surface area contributed by atoms with Gasteiger partial charge in [0.05, 0.1) is 11.9 Å². The summed E-state index contributed by atoms with van der Waals surface area (Å²) in [7, 11) is 0. The standard InChI is InChI=1S/C7H5ClN2O/c8-5-1-4-3-10-11-7(4)6(9)2-5/h1-3H,9H2. The van der Waals surface area contributed by atoms with Crippen molar-refractivity contribution in [3.8, 4) is 0 Å². The Morgan fingerprint density at radius 3 is 3.09 bits per heavy atom. The van der Waals surface area contributed by atoms with E-state index in [2.05, 4.69) is 5.16 Å². The van der Waals surface area contributed by atoms with Crippen LogP contribution in [0.4, 0.5) is 5.69 Å². The average molecular weight is 169 g/mol. The molecule has 1 aromatic heterocycles. The highest BCUT2D eigenvalue weighted by Gasteiger charge is 2.03. The van der Waals surface area contributed by atoms with Crippen molar-refractivity contribution in [1.82, 2.24) is 5.16 Å². The Morgan fingerprint density at radius 2 is 2.27 bits per heavy atom. The Morgan fingerprint density at radius 1 is 1.45 bits per heavy atom. The third-order valence-electron chi connectivity index (χ3n) is 1.45. The molecule has 0 saturated carbocycles. The molecule has 3 nitrogen and oxygen atoms in total. The van der Waals surface area contributed by atoms with E-state index < -0.39 is 0 Å². The number of nitrogens with two attached hydrogens (primary N) is 1. The molecule has 0 spiro atoms. The van der Waals surface area contributed by atoms with Gasteiger partial charge in [0.2, 0.25) is 0 Å². The highest BCUT2D eigenvalue weighted by atomic mass is 35.5.